The molecule has 0 aliphatic rings. The first-order chi connectivity index (χ1) is 32.8. The van der Waals surface area contributed by atoms with E-state index in [1.165, 1.54) is 199 Å². The Balaban J connectivity index is 3.77. The summed E-state index contributed by atoms with van der Waals surface area (Å²) in [7, 11) is -4.64. The third-order valence-electron chi connectivity index (χ3n) is 12.7. The molecule has 0 radical (unpaired) electrons. The number of unbranched alkanes of at least 4 members (excludes halogenated alkanes) is 36. The summed E-state index contributed by atoms with van der Waals surface area (Å²) in [6.45, 7) is 2.27. The van der Waals surface area contributed by atoms with Crippen molar-refractivity contribution in [1.29, 1.82) is 0 Å². The van der Waals surface area contributed by atoms with Crippen LogP contribution in [0.3, 0.4) is 0 Å². The Bertz CT molecular complexity index is 1160. The van der Waals surface area contributed by atoms with Gasteiger partial charge in [-0.3, -0.25) is 18.6 Å². The summed E-state index contributed by atoms with van der Waals surface area (Å²) < 4.78 is 32.8. The van der Waals surface area contributed by atoms with Crippen LogP contribution >= 0.6 is 7.82 Å². The quantitative estimate of drug-likeness (QED) is 0.0233. The molecule has 0 heterocycles. The monoisotopic (exact) mass is 971 g/mol. The Morgan fingerprint density at radius 1 is 0.403 bits per heavy atom. The van der Waals surface area contributed by atoms with Gasteiger partial charge in [0.2, 0.25) is 0 Å². The summed E-state index contributed by atoms with van der Waals surface area (Å²) in [4.78, 5) is 34.8. The van der Waals surface area contributed by atoms with E-state index in [1.54, 1.807) is 0 Å². The number of hydrogen-bond donors (Lipinski definition) is 3. The maximum Gasteiger partial charge on any atom is 0.472 e. The van der Waals surface area contributed by atoms with Crippen molar-refractivity contribution >= 4 is 19.8 Å². The number of aliphatic hydroxyl groups excluding tert-OH is 2. The number of phosphoric acid groups is 1. The molecule has 0 aliphatic heterocycles. The Morgan fingerprint density at radius 2 is 0.657 bits per heavy atom. The van der Waals surface area contributed by atoms with Crippen LogP contribution in [0.15, 0.2) is 24.3 Å². The van der Waals surface area contributed by atoms with Crippen molar-refractivity contribution in [2.75, 3.05) is 26.4 Å². The summed E-state index contributed by atoms with van der Waals surface area (Å²) in [5.74, 6) is -1.01. The first-order valence-corrected chi connectivity index (χ1v) is 29.8. The molecule has 0 aromatic carbocycles. The Morgan fingerprint density at radius 3 is 0.925 bits per heavy atom. The maximum absolute atomic E-state index is 12.4. The van der Waals surface area contributed by atoms with Crippen molar-refractivity contribution in [3.05, 3.63) is 24.3 Å². The predicted molar refractivity (Wildman–Crippen MR) is 279 cm³/mol. The van der Waals surface area contributed by atoms with E-state index in [4.69, 9.17) is 18.5 Å². The van der Waals surface area contributed by atoms with Crippen molar-refractivity contribution in [1.82, 2.24) is 0 Å². The van der Waals surface area contributed by atoms with Crippen LogP contribution in [0.25, 0.3) is 0 Å². The van der Waals surface area contributed by atoms with Crippen molar-refractivity contribution < 1.29 is 47.8 Å². The highest BCUT2D eigenvalue weighted by Crippen LogP contribution is 2.43. The van der Waals surface area contributed by atoms with E-state index in [0.717, 1.165) is 44.9 Å². The van der Waals surface area contributed by atoms with E-state index < -0.39 is 58.4 Å². The molecule has 0 aliphatic carbocycles. The third-order valence-corrected chi connectivity index (χ3v) is 13.6. The van der Waals surface area contributed by atoms with Gasteiger partial charge >= 0.3 is 19.8 Å². The largest absolute Gasteiger partial charge is 0.472 e. The lowest BCUT2D eigenvalue weighted by molar-refractivity contribution is -0.153. The fourth-order valence-electron chi connectivity index (χ4n) is 8.33. The molecule has 0 saturated carbocycles. The van der Waals surface area contributed by atoms with Gasteiger partial charge < -0.3 is 24.6 Å². The number of carbonyl (C=O) groups is 2. The van der Waals surface area contributed by atoms with Crippen LogP contribution < -0.4 is 0 Å². The average molecular weight is 971 g/mol. The molecular formula is C56H107O10P. The second kappa shape index (κ2) is 52.3. The number of aliphatic hydroxyl groups is 2. The highest BCUT2D eigenvalue weighted by Gasteiger charge is 2.27. The molecule has 3 unspecified atom stereocenters. The first kappa shape index (κ1) is 65.5. The topological polar surface area (TPSA) is 149 Å². The van der Waals surface area contributed by atoms with Gasteiger partial charge in [0.1, 0.15) is 12.2 Å². The lowest BCUT2D eigenvalue weighted by atomic mass is 10.0. The normalized spacial score (nSPS) is 13.7. The summed E-state index contributed by atoms with van der Waals surface area (Å²) >= 11 is 0. The molecule has 0 fully saturated rings. The van der Waals surface area contributed by atoms with Crippen LogP contribution in [0.4, 0.5) is 0 Å². The van der Waals surface area contributed by atoms with Gasteiger partial charge in [0.05, 0.1) is 26.4 Å². The number of allylic oxidation sites excluding steroid dienone is 4. The molecule has 3 N–H and O–H groups in total. The molecule has 67 heavy (non-hydrogen) atoms. The van der Waals surface area contributed by atoms with Crippen LogP contribution in [0, 0.1) is 0 Å². The van der Waals surface area contributed by atoms with Gasteiger partial charge in [-0.15, -0.1) is 0 Å². The fourth-order valence-corrected chi connectivity index (χ4v) is 9.11. The van der Waals surface area contributed by atoms with E-state index in [2.05, 4.69) is 38.2 Å². The number of hydrogen-bond acceptors (Lipinski definition) is 9. The zero-order valence-corrected chi connectivity index (χ0v) is 44.5. The lowest BCUT2D eigenvalue weighted by Crippen LogP contribution is -2.28. The Kier molecular flexibility index (Phi) is 51.1. The second-order valence-electron chi connectivity index (χ2n) is 19.3. The lowest BCUT2D eigenvalue weighted by Gasteiger charge is -2.20. The number of esters is 2. The zero-order chi connectivity index (χ0) is 49.0. The van der Waals surface area contributed by atoms with Crippen molar-refractivity contribution in [2.24, 2.45) is 0 Å². The van der Waals surface area contributed by atoms with Crippen molar-refractivity contribution in [3.8, 4) is 0 Å². The fraction of sp³-hybridized carbons (Fsp3) is 0.893. The van der Waals surface area contributed by atoms with Crippen LogP contribution in [0.5, 0.6) is 0 Å². The van der Waals surface area contributed by atoms with Crippen LogP contribution in [0.2, 0.25) is 0 Å². The minimum atomic E-state index is -4.64. The zero-order valence-electron chi connectivity index (χ0n) is 43.6. The molecule has 0 aromatic heterocycles. The maximum atomic E-state index is 12.4. The molecule has 0 spiro atoms. The Hall–Kier alpha value is -1.55. The van der Waals surface area contributed by atoms with Gasteiger partial charge in [-0.2, -0.15) is 0 Å². The minimum absolute atomic E-state index is 0.192. The van der Waals surface area contributed by atoms with E-state index in [-0.39, 0.29) is 12.8 Å². The minimum Gasteiger partial charge on any atom is -0.457 e. The van der Waals surface area contributed by atoms with Crippen molar-refractivity contribution in [2.45, 2.75) is 296 Å². The molecule has 396 valence electrons. The van der Waals surface area contributed by atoms with E-state index in [0.29, 0.717) is 12.8 Å². The smallest absolute Gasteiger partial charge is 0.457 e. The summed E-state index contributed by atoms with van der Waals surface area (Å²) in [5, 5.41) is 19.3. The van der Waals surface area contributed by atoms with Gasteiger partial charge in [-0.25, -0.2) is 4.57 Å². The van der Waals surface area contributed by atoms with E-state index in [9.17, 15) is 29.3 Å². The molecule has 3 atom stereocenters. The van der Waals surface area contributed by atoms with Crippen molar-refractivity contribution in [3.63, 3.8) is 0 Å². The molecule has 0 bridgehead atoms. The number of rotatable bonds is 54. The summed E-state index contributed by atoms with van der Waals surface area (Å²) in [6.07, 6.45) is 57.3. The standard InChI is InChI=1S/C56H107O10P/c1-3-5-7-9-11-13-15-17-19-21-23-25-26-28-30-32-34-36-38-40-42-44-46-48-56(60)66-54(50-58)52-64-67(61,62)63-51-53(49-57)65-55(59)47-45-43-41-39-37-35-33-31-29-27-24-22-20-18-16-14-12-10-8-6-4-2/h15,17,21,23,53-54,57-58H,3-14,16,18-20,22,24-52H2,1-2H3,(H,61,62)/b17-15-,23-21-. The van der Waals surface area contributed by atoms with Gasteiger partial charge in [0.15, 0.2) is 0 Å². The molecule has 0 saturated heterocycles. The van der Waals surface area contributed by atoms with Crippen LogP contribution in [0.1, 0.15) is 284 Å². The van der Waals surface area contributed by atoms with Crippen LogP contribution in [-0.4, -0.2) is 65.7 Å². The predicted octanol–water partition coefficient (Wildman–Crippen LogP) is 16.5. The van der Waals surface area contributed by atoms with Gasteiger partial charge in [-0.1, -0.05) is 250 Å². The average Bonchev–Trinajstić information content (AvgIpc) is 3.32. The number of phosphoric ester groups is 1. The van der Waals surface area contributed by atoms with E-state index in [1.807, 2.05) is 0 Å². The second-order valence-corrected chi connectivity index (χ2v) is 20.7. The summed E-state index contributed by atoms with van der Waals surface area (Å²) in [6, 6.07) is 0. The highest BCUT2D eigenvalue weighted by atomic mass is 31.2. The third kappa shape index (κ3) is 50.6. The molecule has 0 amide bonds. The van der Waals surface area contributed by atoms with Gasteiger partial charge in [0, 0.05) is 12.8 Å². The number of carbonyl (C=O) groups excluding carboxylic acids is 2. The molecule has 11 heteroatoms. The summed E-state index contributed by atoms with van der Waals surface area (Å²) in [5.41, 5.74) is 0. The molecule has 10 nitrogen and oxygen atoms in total. The van der Waals surface area contributed by atoms with Gasteiger partial charge in [-0.05, 0) is 44.9 Å². The molecule has 0 aromatic rings. The Labute approximate surface area is 412 Å². The van der Waals surface area contributed by atoms with E-state index >= 15 is 0 Å². The first-order valence-electron chi connectivity index (χ1n) is 28.3. The van der Waals surface area contributed by atoms with Crippen LogP contribution in [-0.2, 0) is 32.7 Å². The van der Waals surface area contributed by atoms with Gasteiger partial charge in [0.25, 0.3) is 0 Å². The SMILES string of the molecule is CCCCCCC/C=C\C/C=C\CCCCCCCCCCCCCC(=O)OC(CO)COP(=O)(O)OCC(CO)OC(=O)CCCCCCCCCCCCCCCCCCCCCCC. The highest BCUT2D eigenvalue weighted by molar-refractivity contribution is 7.47. The number of ether oxygens (including phenoxy) is 2. The molecular weight excluding hydrogens is 864 g/mol. The molecule has 0 rings (SSSR count).